The number of alkyl halides is 3. The van der Waals surface area contributed by atoms with Gasteiger partial charge in [0.05, 0.1) is 23.3 Å². The fourth-order valence-corrected chi connectivity index (χ4v) is 3.11. The van der Waals surface area contributed by atoms with E-state index in [9.17, 15) is 21.6 Å². The minimum Gasteiger partial charge on any atom is -0.495 e. The normalized spacial score (nSPS) is 12.0. The molecule has 0 aliphatic heterocycles. The maximum absolute atomic E-state index is 12.8. The summed E-state index contributed by atoms with van der Waals surface area (Å²) in [6, 6.07) is 8.24. The lowest BCUT2D eigenvalue weighted by atomic mass is 10.2. The van der Waals surface area contributed by atoms with E-state index in [-0.39, 0.29) is 16.3 Å². The molecule has 2 aromatic carbocycles. The van der Waals surface area contributed by atoms with Gasteiger partial charge in [-0.25, -0.2) is 8.42 Å². The lowest BCUT2D eigenvalue weighted by molar-refractivity contribution is -0.137. The van der Waals surface area contributed by atoms with Gasteiger partial charge in [0.2, 0.25) is 0 Å². The van der Waals surface area contributed by atoms with E-state index in [4.69, 9.17) is 4.74 Å². The first kappa shape index (κ1) is 17.6. The number of anilines is 1. The maximum Gasteiger partial charge on any atom is 0.416 e. The summed E-state index contributed by atoms with van der Waals surface area (Å²) in [4.78, 5) is -0.0832. The van der Waals surface area contributed by atoms with Gasteiger partial charge in [0.1, 0.15) is 5.75 Å². The molecule has 0 unspecified atom stereocenters. The van der Waals surface area contributed by atoms with Crippen LogP contribution < -0.4 is 9.46 Å². The highest BCUT2D eigenvalue weighted by molar-refractivity contribution is 9.10. The molecule has 0 atom stereocenters. The van der Waals surface area contributed by atoms with Crippen molar-refractivity contribution in [3.8, 4) is 5.75 Å². The van der Waals surface area contributed by atoms with Crippen LogP contribution in [0.3, 0.4) is 0 Å². The summed E-state index contributed by atoms with van der Waals surface area (Å²) in [6.45, 7) is 0. The van der Waals surface area contributed by atoms with Crippen LogP contribution in [0.2, 0.25) is 0 Å². The molecule has 0 amide bonds. The molecule has 9 heteroatoms. The molecule has 0 saturated carbocycles. The van der Waals surface area contributed by atoms with E-state index >= 15 is 0 Å². The van der Waals surface area contributed by atoms with Gasteiger partial charge in [-0.15, -0.1) is 0 Å². The Balaban J connectivity index is 2.43. The van der Waals surface area contributed by atoms with Crippen LogP contribution in [0.5, 0.6) is 5.75 Å². The van der Waals surface area contributed by atoms with Gasteiger partial charge in [-0.2, -0.15) is 13.2 Å². The zero-order chi connectivity index (χ0) is 17.3. The van der Waals surface area contributed by atoms with Crippen LogP contribution in [0.1, 0.15) is 5.56 Å². The Kier molecular flexibility index (Phi) is 4.90. The first-order valence-corrected chi connectivity index (χ1v) is 8.45. The Morgan fingerprint density at radius 3 is 2.22 bits per heavy atom. The van der Waals surface area contributed by atoms with Crippen molar-refractivity contribution in [2.75, 3.05) is 11.8 Å². The Morgan fingerprint density at radius 1 is 1.09 bits per heavy atom. The highest BCUT2D eigenvalue weighted by atomic mass is 79.9. The van der Waals surface area contributed by atoms with Crippen LogP contribution in [0.4, 0.5) is 18.9 Å². The van der Waals surface area contributed by atoms with E-state index < -0.39 is 21.8 Å². The van der Waals surface area contributed by atoms with Crippen LogP contribution in [-0.4, -0.2) is 15.5 Å². The molecular formula is C14H11BrF3NO3S. The number of hydrogen-bond donors (Lipinski definition) is 1. The molecule has 2 aromatic rings. The molecule has 4 nitrogen and oxygen atoms in total. The number of rotatable bonds is 4. The minimum absolute atomic E-state index is 0.0151. The summed E-state index contributed by atoms with van der Waals surface area (Å²) >= 11 is 3.17. The summed E-state index contributed by atoms with van der Waals surface area (Å²) in [5.74, 6) is -0.0151. The second-order valence-corrected chi connectivity index (χ2v) is 7.07. The average molecular weight is 410 g/mol. The van der Waals surface area contributed by atoms with Crippen molar-refractivity contribution in [3.63, 3.8) is 0 Å². The highest BCUT2D eigenvalue weighted by Gasteiger charge is 2.31. The summed E-state index contributed by atoms with van der Waals surface area (Å²) in [5.41, 5.74) is -1.27. The third kappa shape index (κ3) is 4.17. The number of halogens is 4. The van der Waals surface area contributed by atoms with Crippen molar-refractivity contribution in [1.29, 1.82) is 0 Å². The first-order valence-electron chi connectivity index (χ1n) is 6.17. The number of sulfonamides is 1. The maximum atomic E-state index is 12.8. The molecule has 0 saturated heterocycles. The fourth-order valence-electron chi connectivity index (χ4n) is 1.78. The van der Waals surface area contributed by atoms with E-state index in [1.807, 2.05) is 0 Å². The largest absolute Gasteiger partial charge is 0.495 e. The van der Waals surface area contributed by atoms with Gasteiger partial charge in [-0.05, 0) is 42.5 Å². The Hall–Kier alpha value is -1.74. The van der Waals surface area contributed by atoms with E-state index in [0.29, 0.717) is 10.5 Å². The smallest absolute Gasteiger partial charge is 0.416 e. The quantitative estimate of drug-likeness (QED) is 0.819. The molecule has 2 rings (SSSR count). The van der Waals surface area contributed by atoms with Gasteiger partial charge in [0, 0.05) is 4.47 Å². The molecule has 0 radical (unpaired) electrons. The molecule has 0 bridgehead atoms. The summed E-state index contributed by atoms with van der Waals surface area (Å²) in [6.07, 6.45) is -4.59. The number of nitrogens with one attached hydrogen (secondary N) is 1. The van der Waals surface area contributed by atoms with Crippen molar-refractivity contribution < 1.29 is 26.3 Å². The van der Waals surface area contributed by atoms with Gasteiger partial charge in [0.25, 0.3) is 10.0 Å². The predicted molar refractivity (Wildman–Crippen MR) is 82.9 cm³/mol. The molecular weight excluding hydrogens is 399 g/mol. The third-order valence-corrected chi connectivity index (χ3v) is 4.81. The number of benzene rings is 2. The zero-order valence-corrected chi connectivity index (χ0v) is 14.1. The van der Waals surface area contributed by atoms with Crippen LogP contribution in [-0.2, 0) is 16.2 Å². The summed E-state index contributed by atoms with van der Waals surface area (Å²) in [5, 5.41) is 0. The van der Waals surface area contributed by atoms with Gasteiger partial charge in [-0.3, -0.25) is 4.72 Å². The highest BCUT2D eigenvalue weighted by Crippen LogP contribution is 2.35. The standard InChI is InChI=1S/C14H11BrF3NO3S/c1-22-13-7-2-9(14(16,17)18)8-12(13)19-23(20,21)11-5-3-10(15)4-6-11/h2-8,19H,1H3. The topological polar surface area (TPSA) is 55.4 Å². The van der Waals surface area contributed by atoms with E-state index in [0.717, 1.165) is 12.1 Å². The van der Waals surface area contributed by atoms with E-state index in [1.54, 1.807) is 0 Å². The van der Waals surface area contributed by atoms with Crippen molar-refractivity contribution in [3.05, 3.63) is 52.5 Å². The average Bonchev–Trinajstić information content (AvgIpc) is 2.46. The summed E-state index contributed by atoms with van der Waals surface area (Å²) < 4.78 is 70.6. The van der Waals surface area contributed by atoms with Crippen LogP contribution >= 0.6 is 15.9 Å². The molecule has 0 aromatic heterocycles. The monoisotopic (exact) mass is 409 g/mol. The Bertz CT molecular complexity index is 805. The fraction of sp³-hybridized carbons (Fsp3) is 0.143. The molecule has 0 fully saturated rings. The lowest BCUT2D eigenvalue weighted by Crippen LogP contribution is -2.15. The van der Waals surface area contributed by atoms with Crippen LogP contribution in [0, 0.1) is 0 Å². The molecule has 0 heterocycles. The van der Waals surface area contributed by atoms with Crippen LogP contribution in [0.15, 0.2) is 51.8 Å². The van der Waals surface area contributed by atoms with Crippen molar-refractivity contribution in [2.45, 2.75) is 11.1 Å². The molecule has 1 N–H and O–H groups in total. The third-order valence-electron chi connectivity index (χ3n) is 2.90. The van der Waals surface area contributed by atoms with Crippen molar-refractivity contribution in [1.82, 2.24) is 0 Å². The van der Waals surface area contributed by atoms with Crippen molar-refractivity contribution >= 4 is 31.6 Å². The van der Waals surface area contributed by atoms with Crippen LogP contribution in [0.25, 0.3) is 0 Å². The first-order chi connectivity index (χ1) is 10.6. The molecule has 0 aliphatic carbocycles. The molecule has 0 aliphatic rings. The lowest BCUT2D eigenvalue weighted by Gasteiger charge is -2.14. The number of methoxy groups -OCH3 is 1. The Morgan fingerprint density at radius 2 is 1.70 bits per heavy atom. The number of hydrogen-bond acceptors (Lipinski definition) is 3. The molecule has 124 valence electrons. The van der Waals surface area contributed by atoms with E-state index in [2.05, 4.69) is 20.7 Å². The van der Waals surface area contributed by atoms with Crippen molar-refractivity contribution in [2.24, 2.45) is 0 Å². The predicted octanol–water partition coefficient (Wildman–Crippen LogP) is 4.28. The minimum atomic E-state index is -4.59. The van der Waals surface area contributed by atoms with Gasteiger partial charge in [0.15, 0.2) is 0 Å². The Labute approximate surface area is 139 Å². The summed E-state index contributed by atoms with van der Waals surface area (Å²) in [7, 11) is -2.81. The molecule has 23 heavy (non-hydrogen) atoms. The molecule has 0 spiro atoms. The second-order valence-electron chi connectivity index (χ2n) is 4.47. The number of ether oxygens (including phenoxy) is 1. The SMILES string of the molecule is COc1ccc(C(F)(F)F)cc1NS(=O)(=O)c1ccc(Br)cc1. The second kappa shape index (κ2) is 6.40. The van der Waals surface area contributed by atoms with E-state index in [1.165, 1.54) is 31.4 Å². The van der Waals surface area contributed by atoms with Gasteiger partial charge >= 0.3 is 6.18 Å². The van der Waals surface area contributed by atoms with Gasteiger partial charge in [-0.1, -0.05) is 15.9 Å². The zero-order valence-electron chi connectivity index (χ0n) is 11.7. The van der Waals surface area contributed by atoms with Gasteiger partial charge < -0.3 is 4.74 Å².